The zero-order chi connectivity index (χ0) is 19.1. The van der Waals surface area contributed by atoms with E-state index in [0.29, 0.717) is 13.1 Å². The van der Waals surface area contributed by atoms with Gasteiger partial charge in [-0.05, 0) is 24.1 Å². The van der Waals surface area contributed by atoms with Gasteiger partial charge in [0.05, 0.1) is 6.10 Å². The average molecular weight is 365 g/mol. The molecule has 1 atom stereocenters. The molecule has 3 rings (SSSR count). The average Bonchev–Trinajstić information content (AvgIpc) is 3.14. The molecule has 3 aromatic rings. The highest BCUT2D eigenvalue weighted by Crippen LogP contribution is 2.14. The minimum absolute atomic E-state index is 0.184. The SMILES string of the molecule is CO[C@@H](CNC(=O)NCc1ccc(-n2ccnc2C)nc1)c1ccccc1. The molecule has 2 heterocycles. The van der Waals surface area contributed by atoms with E-state index < -0.39 is 0 Å². The largest absolute Gasteiger partial charge is 0.375 e. The Bertz CT molecular complexity index is 862. The highest BCUT2D eigenvalue weighted by molar-refractivity contribution is 5.73. The smallest absolute Gasteiger partial charge is 0.315 e. The maximum Gasteiger partial charge on any atom is 0.315 e. The third-order valence-electron chi connectivity index (χ3n) is 4.24. The zero-order valence-electron chi connectivity index (χ0n) is 15.4. The Morgan fingerprint density at radius 2 is 1.96 bits per heavy atom. The van der Waals surface area contributed by atoms with Crippen molar-refractivity contribution < 1.29 is 9.53 Å². The Hall–Kier alpha value is -3.19. The fraction of sp³-hybridized carbons (Fsp3) is 0.250. The second-order valence-corrected chi connectivity index (χ2v) is 6.07. The number of aryl methyl sites for hydroxylation is 1. The number of methoxy groups -OCH3 is 1. The Morgan fingerprint density at radius 1 is 1.15 bits per heavy atom. The molecule has 0 spiro atoms. The van der Waals surface area contributed by atoms with Crippen molar-refractivity contribution in [3.05, 3.63) is 78.0 Å². The van der Waals surface area contributed by atoms with E-state index in [4.69, 9.17) is 4.74 Å². The molecule has 0 bridgehead atoms. The van der Waals surface area contributed by atoms with E-state index in [-0.39, 0.29) is 12.1 Å². The van der Waals surface area contributed by atoms with Crippen LogP contribution in [0.15, 0.2) is 61.1 Å². The molecule has 0 fully saturated rings. The Balaban J connectivity index is 1.48. The quantitative estimate of drug-likeness (QED) is 0.675. The van der Waals surface area contributed by atoms with Crippen LogP contribution in [0.1, 0.15) is 23.1 Å². The van der Waals surface area contributed by atoms with Gasteiger partial charge in [0.25, 0.3) is 0 Å². The molecule has 140 valence electrons. The fourth-order valence-electron chi connectivity index (χ4n) is 2.72. The molecular weight excluding hydrogens is 342 g/mol. The summed E-state index contributed by atoms with van der Waals surface area (Å²) >= 11 is 0. The molecule has 0 aliphatic carbocycles. The molecule has 7 nitrogen and oxygen atoms in total. The third kappa shape index (κ3) is 4.92. The molecule has 7 heteroatoms. The summed E-state index contributed by atoms with van der Waals surface area (Å²) in [5.74, 6) is 1.67. The lowest BCUT2D eigenvalue weighted by molar-refractivity contribution is 0.104. The highest BCUT2D eigenvalue weighted by atomic mass is 16.5. The van der Waals surface area contributed by atoms with Crippen LogP contribution in [-0.2, 0) is 11.3 Å². The van der Waals surface area contributed by atoms with E-state index in [1.54, 1.807) is 19.5 Å². The Kier molecular flexibility index (Phi) is 6.17. The summed E-state index contributed by atoms with van der Waals surface area (Å²) in [6, 6.07) is 13.4. The summed E-state index contributed by atoms with van der Waals surface area (Å²) < 4.78 is 7.35. The minimum atomic E-state index is -0.248. The van der Waals surface area contributed by atoms with E-state index >= 15 is 0 Å². The molecule has 2 N–H and O–H groups in total. The van der Waals surface area contributed by atoms with E-state index in [2.05, 4.69) is 20.6 Å². The van der Waals surface area contributed by atoms with Gasteiger partial charge in [0, 0.05) is 38.8 Å². The standard InChI is InChI=1S/C20H23N5O2/c1-15-21-10-11-25(15)19-9-8-16(12-22-19)13-23-20(26)24-14-18(27-2)17-6-4-3-5-7-17/h3-12,18H,13-14H2,1-2H3,(H2,23,24,26)/t18-/m0/s1. The first-order valence-electron chi connectivity index (χ1n) is 8.72. The van der Waals surface area contributed by atoms with E-state index in [0.717, 1.165) is 22.8 Å². The number of amides is 2. The van der Waals surface area contributed by atoms with Gasteiger partial charge >= 0.3 is 6.03 Å². The van der Waals surface area contributed by atoms with Crippen molar-refractivity contribution in [3.8, 4) is 5.82 Å². The summed E-state index contributed by atoms with van der Waals surface area (Å²) in [7, 11) is 1.63. The fourth-order valence-corrected chi connectivity index (χ4v) is 2.72. The second kappa shape index (κ2) is 8.95. The maximum atomic E-state index is 12.1. The van der Waals surface area contributed by atoms with Crippen molar-refractivity contribution in [2.45, 2.75) is 19.6 Å². The number of benzene rings is 1. The van der Waals surface area contributed by atoms with Crippen LogP contribution in [0.25, 0.3) is 5.82 Å². The molecule has 0 aliphatic rings. The monoisotopic (exact) mass is 365 g/mol. The van der Waals surface area contributed by atoms with Crippen LogP contribution in [0.3, 0.4) is 0 Å². The van der Waals surface area contributed by atoms with Gasteiger partial charge in [-0.25, -0.2) is 14.8 Å². The van der Waals surface area contributed by atoms with Crippen molar-refractivity contribution in [1.82, 2.24) is 25.2 Å². The Labute approximate surface area is 158 Å². The van der Waals surface area contributed by atoms with Gasteiger partial charge in [-0.3, -0.25) is 4.57 Å². The summed E-state index contributed by atoms with van der Waals surface area (Å²) in [4.78, 5) is 20.7. The molecule has 0 unspecified atom stereocenters. The lowest BCUT2D eigenvalue weighted by atomic mass is 10.1. The van der Waals surface area contributed by atoms with Crippen LogP contribution < -0.4 is 10.6 Å². The summed E-state index contributed by atoms with van der Waals surface area (Å²) in [6.07, 6.45) is 5.16. The molecule has 0 aliphatic heterocycles. The number of carbonyl (C=O) groups is 1. The topological polar surface area (TPSA) is 81.1 Å². The third-order valence-corrected chi connectivity index (χ3v) is 4.24. The number of pyridine rings is 1. The Morgan fingerprint density at radius 3 is 2.59 bits per heavy atom. The molecule has 0 saturated carbocycles. The zero-order valence-corrected chi connectivity index (χ0v) is 15.4. The van der Waals surface area contributed by atoms with Crippen LogP contribution in [0.4, 0.5) is 4.79 Å². The summed E-state index contributed by atoms with van der Waals surface area (Å²) in [5, 5.41) is 5.67. The van der Waals surface area contributed by atoms with Crippen LogP contribution in [0, 0.1) is 6.92 Å². The number of ether oxygens (including phenoxy) is 1. The normalized spacial score (nSPS) is 11.8. The number of imidazole rings is 1. The lowest BCUT2D eigenvalue weighted by Crippen LogP contribution is -2.37. The van der Waals surface area contributed by atoms with Crippen molar-refractivity contribution in [1.29, 1.82) is 0 Å². The molecule has 1 aromatic carbocycles. The summed E-state index contributed by atoms with van der Waals surface area (Å²) in [5.41, 5.74) is 1.94. The van der Waals surface area contributed by atoms with Gasteiger partial charge in [-0.2, -0.15) is 0 Å². The van der Waals surface area contributed by atoms with Crippen LogP contribution in [0.2, 0.25) is 0 Å². The number of urea groups is 1. The van der Waals surface area contributed by atoms with Crippen molar-refractivity contribution in [2.75, 3.05) is 13.7 Å². The predicted octanol–water partition coefficient (Wildman–Crippen LogP) is 2.76. The van der Waals surface area contributed by atoms with E-state index in [1.807, 2.05) is 60.2 Å². The first kappa shape index (κ1) is 18.6. The number of nitrogens with zero attached hydrogens (tertiary/aromatic N) is 3. The predicted molar refractivity (Wildman–Crippen MR) is 103 cm³/mol. The number of nitrogens with one attached hydrogen (secondary N) is 2. The number of hydrogen-bond acceptors (Lipinski definition) is 4. The molecule has 27 heavy (non-hydrogen) atoms. The number of carbonyl (C=O) groups excluding carboxylic acids is 1. The van der Waals surface area contributed by atoms with Gasteiger partial charge in [-0.15, -0.1) is 0 Å². The van der Waals surface area contributed by atoms with Crippen molar-refractivity contribution in [3.63, 3.8) is 0 Å². The minimum Gasteiger partial charge on any atom is -0.375 e. The van der Waals surface area contributed by atoms with Gasteiger partial charge < -0.3 is 15.4 Å². The number of hydrogen-bond donors (Lipinski definition) is 2. The van der Waals surface area contributed by atoms with Crippen molar-refractivity contribution >= 4 is 6.03 Å². The first-order valence-corrected chi connectivity index (χ1v) is 8.72. The maximum absolute atomic E-state index is 12.1. The molecule has 2 amide bonds. The number of rotatable bonds is 7. The van der Waals surface area contributed by atoms with Crippen molar-refractivity contribution in [2.24, 2.45) is 0 Å². The lowest BCUT2D eigenvalue weighted by Gasteiger charge is -2.16. The second-order valence-electron chi connectivity index (χ2n) is 6.07. The van der Waals surface area contributed by atoms with Crippen LogP contribution >= 0.6 is 0 Å². The molecule has 0 saturated heterocycles. The van der Waals surface area contributed by atoms with E-state index in [1.165, 1.54) is 0 Å². The van der Waals surface area contributed by atoms with Gasteiger partial charge in [0.2, 0.25) is 0 Å². The number of aromatic nitrogens is 3. The molecule has 0 radical (unpaired) electrons. The highest BCUT2D eigenvalue weighted by Gasteiger charge is 2.11. The van der Waals surface area contributed by atoms with Crippen LogP contribution in [-0.4, -0.2) is 34.2 Å². The molecular formula is C20H23N5O2. The van der Waals surface area contributed by atoms with Gasteiger partial charge in [-0.1, -0.05) is 36.4 Å². The van der Waals surface area contributed by atoms with E-state index in [9.17, 15) is 4.79 Å². The first-order chi connectivity index (χ1) is 13.2. The molecule has 2 aromatic heterocycles. The summed E-state index contributed by atoms with van der Waals surface area (Å²) in [6.45, 7) is 2.71. The van der Waals surface area contributed by atoms with Gasteiger partial charge in [0.15, 0.2) is 0 Å². The van der Waals surface area contributed by atoms with Gasteiger partial charge in [0.1, 0.15) is 11.6 Å². The van der Waals surface area contributed by atoms with Crippen LogP contribution in [0.5, 0.6) is 0 Å².